The highest BCUT2D eigenvalue weighted by molar-refractivity contribution is 6.34. The number of imidazole rings is 1. The first kappa shape index (κ1) is 15.4. The number of H-pyrrole nitrogens is 1. The molecule has 1 heterocycles. The zero-order valence-corrected chi connectivity index (χ0v) is 14.1. The average Bonchev–Trinajstić information content (AvgIpc) is 2.78. The fraction of sp³-hybridized carbons (Fsp3) is 0.118. The van der Waals surface area contributed by atoms with Crippen molar-refractivity contribution in [3.63, 3.8) is 0 Å². The van der Waals surface area contributed by atoms with Gasteiger partial charge in [-0.1, -0.05) is 53.0 Å². The summed E-state index contributed by atoms with van der Waals surface area (Å²) in [6.07, 6.45) is 0.631. The van der Waals surface area contributed by atoms with Gasteiger partial charge in [-0.25, -0.2) is 4.98 Å². The molecule has 0 bridgehead atoms. The van der Waals surface area contributed by atoms with Crippen molar-refractivity contribution in [3.8, 4) is 11.3 Å². The van der Waals surface area contributed by atoms with Gasteiger partial charge in [0.05, 0.1) is 10.7 Å². The van der Waals surface area contributed by atoms with E-state index in [1.807, 2.05) is 43.3 Å². The molecule has 0 aliphatic rings. The van der Waals surface area contributed by atoms with Crippen molar-refractivity contribution in [1.29, 1.82) is 0 Å². The standard InChI is InChI=1S/C17H13Cl3N2/c1-10-17(14-4-2-3-5-15(14)20)22-16(21-10)8-11-6-12(18)9-13(19)7-11/h2-7,9H,8H2,1H3,(H,21,22). The molecular formula is C17H13Cl3N2. The van der Waals surface area contributed by atoms with Crippen LogP contribution in [0.15, 0.2) is 42.5 Å². The van der Waals surface area contributed by atoms with Crippen molar-refractivity contribution in [2.75, 3.05) is 0 Å². The van der Waals surface area contributed by atoms with Gasteiger partial charge in [0.2, 0.25) is 0 Å². The van der Waals surface area contributed by atoms with E-state index in [2.05, 4.69) is 9.97 Å². The van der Waals surface area contributed by atoms with E-state index in [0.717, 1.165) is 28.3 Å². The quantitative estimate of drug-likeness (QED) is 0.622. The molecule has 0 amide bonds. The van der Waals surface area contributed by atoms with E-state index in [9.17, 15) is 0 Å². The Morgan fingerprint density at radius 2 is 1.68 bits per heavy atom. The third-order valence-corrected chi connectivity index (χ3v) is 4.12. The van der Waals surface area contributed by atoms with Gasteiger partial charge < -0.3 is 4.98 Å². The average molecular weight is 352 g/mol. The van der Waals surface area contributed by atoms with Gasteiger partial charge in [-0.15, -0.1) is 0 Å². The zero-order valence-electron chi connectivity index (χ0n) is 11.8. The molecule has 2 nitrogen and oxygen atoms in total. The number of benzene rings is 2. The lowest BCUT2D eigenvalue weighted by Crippen LogP contribution is -1.91. The van der Waals surface area contributed by atoms with Crippen LogP contribution in [0.25, 0.3) is 11.3 Å². The SMILES string of the molecule is Cc1[nH]c(Cc2cc(Cl)cc(Cl)c2)nc1-c1ccccc1Cl. The molecule has 2 aromatic carbocycles. The van der Waals surface area contributed by atoms with Crippen molar-refractivity contribution in [2.24, 2.45) is 0 Å². The van der Waals surface area contributed by atoms with Crippen LogP contribution < -0.4 is 0 Å². The predicted molar refractivity (Wildman–Crippen MR) is 93.0 cm³/mol. The fourth-order valence-electron chi connectivity index (χ4n) is 2.43. The number of nitrogens with zero attached hydrogens (tertiary/aromatic N) is 1. The second-order valence-electron chi connectivity index (χ2n) is 5.09. The number of rotatable bonds is 3. The van der Waals surface area contributed by atoms with Gasteiger partial charge in [-0.3, -0.25) is 0 Å². The van der Waals surface area contributed by atoms with Gasteiger partial charge in [0.1, 0.15) is 5.82 Å². The lowest BCUT2D eigenvalue weighted by molar-refractivity contribution is 1.02. The van der Waals surface area contributed by atoms with E-state index in [0.29, 0.717) is 21.5 Å². The summed E-state index contributed by atoms with van der Waals surface area (Å²) < 4.78 is 0. The second-order valence-corrected chi connectivity index (χ2v) is 6.37. The largest absolute Gasteiger partial charge is 0.345 e. The smallest absolute Gasteiger partial charge is 0.111 e. The summed E-state index contributed by atoms with van der Waals surface area (Å²) in [5.41, 5.74) is 3.79. The molecule has 22 heavy (non-hydrogen) atoms. The van der Waals surface area contributed by atoms with Crippen molar-refractivity contribution in [3.05, 3.63) is 74.6 Å². The normalized spacial score (nSPS) is 10.9. The molecule has 0 unspecified atom stereocenters. The number of aryl methyl sites for hydroxylation is 1. The second kappa shape index (κ2) is 6.33. The minimum atomic E-state index is 0.622. The number of halogens is 3. The van der Waals surface area contributed by atoms with Gasteiger partial charge in [0.15, 0.2) is 0 Å². The summed E-state index contributed by atoms with van der Waals surface area (Å²) in [4.78, 5) is 7.97. The molecule has 1 aromatic heterocycles. The Kier molecular flexibility index (Phi) is 4.44. The van der Waals surface area contributed by atoms with Crippen LogP contribution in [0.4, 0.5) is 0 Å². The van der Waals surface area contributed by atoms with Gasteiger partial charge in [0, 0.05) is 27.7 Å². The van der Waals surface area contributed by atoms with Crippen LogP contribution >= 0.6 is 34.8 Å². The number of hydrogen-bond donors (Lipinski definition) is 1. The van der Waals surface area contributed by atoms with Gasteiger partial charge >= 0.3 is 0 Å². The van der Waals surface area contributed by atoms with Crippen LogP contribution in [0, 0.1) is 6.92 Å². The Hall–Kier alpha value is -1.48. The highest BCUT2D eigenvalue weighted by Crippen LogP contribution is 2.29. The lowest BCUT2D eigenvalue weighted by atomic mass is 10.1. The Bertz CT molecular complexity index is 804. The third-order valence-electron chi connectivity index (χ3n) is 3.36. The van der Waals surface area contributed by atoms with E-state index in [1.165, 1.54) is 0 Å². The first-order valence-electron chi connectivity index (χ1n) is 6.78. The van der Waals surface area contributed by atoms with Crippen LogP contribution in [-0.2, 0) is 6.42 Å². The van der Waals surface area contributed by atoms with Crippen LogP contribution in [0.2, 0.25) is 15.1 Å². The zero-order chi connectivity index (χ0) is 15.7. The highest BCUT2D eigenvalue weighted by atomic mass is 35.5. The Balaban J connectivity index is 1.94. The van der Waals surface area contributed by atoms with E-state index in [1.54, 1.807) is 6.07 Å². The summed E-state index contributed by atoms with van der Waals surface area (Å²) in [5, 5.41) is 1.93. The van der Waals surface area contributed by atoms with Crippen molar-refractivity contribution in [2.45, 2.75) is 13.3 Å². The van der Waals surface area contributed by atoms with E-state index in [4.69, 9.17) is 34.8 Å². The summed E-state index contributed by atoms with van der Waals surface area (Å²) in [7, 11) is 0. The maximum absolute atomic E-state index is 6.25. The molecule has 0 fully saturated rings. The lowest BCUT2D eigenvalue weighted by Gasteiger charge is -2.01. The number of aromatic nitrogens is 2. The number of aromatic amines is 1. The molecular weight excluding hydrogens is 339 g/mol. The Morgan fingerprint density at radius 3 is 2.36 bits per heavy atom. The minimum Gasteiger partial charge on any atom is -0.345 e. The highest BCUT2D eigenvalue weighted by Gasteiger charge is 2.12. The molecule has 0 saturated heterocycles. The van der Waals surface area contributed by atoms with Crippen molar-refractivity contribution < 1.29 is 0 Å². The fourth-order valence-corrected chi connectivity index (χ4v) is 3.22. The molecule has 0 aliphatic carbocycles. The molecule has 112 valence electrons. The molecule has 5 heteroatoms. The molecule has 3 aromatic rings. The van der Waals surface area contributed by atoms with E-state index >= 15 is 0 Å². The van der Waals surface area contributed by atoms with Gasteiger partial charge in [0.25, 0.3) is 0 Å². The van der Waals surface area contributed by atoms with E-state index < -0.39 is 0 Å². The van der Waals surface area contributed by atoms with Crippen LogP contribution in [-0.4, -0.2) is 9.97 Å². The van der Waals surface area contributed by atoms with Gasteiger partial charge in [-0.2, -0.15) is 0 Å². The summed E-state index contributed by atoms with van der Waals surface area (Å²) >= 11 is 18.3. The molecule has 1 N–H and O–H groups in total. The maximum atomic E-state index is 6.25. The molecule has 0 atom stereocenters. The summed E-state index contributed by atoms with van der Waals surface area (Å²) in [6.45, 7) is 1.99. The third kappa shape index (κ3) is 3.30. The molecule has 0 spiro atoms. The predicted octanol–water partition coefficient (Wildman–Crippen LogP) is 5.94. The van der Waals surface area contributed by atoms with Gasteiger partial charge in [-0.05, 0) is 36.8 Å². The van der Waals surface area contributed by atoms with Crippen LogP contribution in [0.3, 0.4) is 0 Å². The molecule has 3 rings (SSSR count). The minimum absolute atomic E-state index is 0.622. The van der Waals surface area contributed by atoms with Crippen molar-refractivity contribution >= 4 is 34.8 Å². The maximum Gasteiger partial charge on any atom is 0.111 e. The first-order chi connectivity index (χ1) is 10.5. The monoisotopic (exact) mass is 350 g/mol. The topological polar surface area (TPSA) is 28.7 Å². The number of hydrogen-bond acceptors (Lipinski definition) is 1. The summed E-state index contributed by atoms with van der Waals surface area (Å²) in [5.74, 6) is 0.853. The van der Waals surface area contributed by atoms with E-state index in [-0.39, 0.29) is 0 Å². The van der Waals surface area contributed by atoms with Crippen LogP contribution in [0.5, 0.6) is 0 Å². The summed E-state index contributed by atoms with van der Waals surface area (Å²) in [6, 6.07) is 13.2. The number of nitrogens with one attached hydrogen (secondary N) is 1. The Morgan fingerprint density at radius 1 is 1.00 bits per heavy atom. The first-order valence-corrected chi connectivity index (χ1v) is 7.91. The van der Waals surface area contributed by atoms with Crippen LogP contribution in [0.1, 0.15) is 17.1 Å². The molecule has 0 aliphatic heterocycles. The van der Waals surface area contributed by atoms with Crippen molar-refractivity contribution in [1.82, 2.24) is 9.97 Å². The molecule has 0 saturated carbocycles. The Labute approximate surface area is 144 Å². The molecule has 0 radical (unpaired) electrons.